The quantitative estimate of drug-likeness (QED) is 0.795. The average molecular weight is 362 g/mol. The van der Waals surface area contributed by atoms with Crippen LogP contribution in [0.15, 0.2) is 24.4 Å². The molecule has 1 amide bonds. The van der Waals surface area contributed by atoms with Gasteiger partial charge >= 0.3 is 0 Å². The maximum absolute atomic E-state index is 12.5. The summed E-state index contributed by atoms with van der Waals surface area (Å²) in [6.45, 7) is 6.07. The topological polar surface area (TPSA) is 66.9 Å². The lowest BCUT2D eigenvalue weighted by Crippen LogP contribution is -2.52. The molecule has 26 heavy (non-hydrogen) atoms. The summed E-state index contributed by atoms with van der Waals surface area (Å²) in [4.78, 5) is 21.3. The fourth-order valence-electron chi connectivity index (χ4n) is 3.44. The first-order valence-electron chi connectivity index (χ1n) is 9.50. The highest BCUT2D eigenvalue weighted by Gasteiger charge is 2.28. The van der Waals surface area contributed by atoms with E-state index in [2.05, 4.69) is 27.1 Å². The van der Waals surface area contributed by atoms with E-state index in [1.807, 2.05) is 18.2 Å². The van der Waals surface area contributed by atoms with Gasteiger partial charge in [-0.2, -0.15) is 0 Å². The van der Waals surface area contributed by atoms with Gasteiger partial charge in [0.25, 0.3) is 0 Å². The lowest BCUT2D eigenvalue weighted by molar-refractivity contribution is -0.127. The highest BCUT2D eigenvalue weighted by Crippen LogP contribution is 2.14. The molecule has 0 radical (unpaired) electrons. The smallest absolute Gasteiger partial charge is 0.234 e. The van der Waals surface area contributed by atoms with Crippen LogP contribution in [0.3, 0.4) is 0 Å². The van der Waals surface area contributed by atoms with Crippen LogP contribution in [0.4, 0.5) is 0 Å². The van der Waals surface area contributed by atoms with Crippen molar-refractivity contribution in [1.29, 1.82) is 0 Å². The zero-order valence-electron chi connectivity index (χ0n) is 15.6. The second-order valence-corrected chi connectivity index (χ2v) is 7.14. The van der Waals surface area contributed by atoms with E-state index in [0.717, 1.165) is 44.7 Å². The van der Waals surface area contributed by atoms with E-state index >= 15 is 0 Å². The number of rotatable bonds is 6. The Bertz CT molecular complexity index is 557. The van der Waals surface area contributed by atoms with Crippen molar-refractivity contribution >= 4 is 5.91 Å². The molecular weight excluding hydrogens is 332 g/mol. The lowest BCUT2D eigenvalue weighted by Gasteiger charge is -2.32. The van der Waals surface area contributed by atoms with Crippen molar-refractivity contribution in [3.63, 3.8) is 0 Å². The summed E-state index contributed by atoms with van der Waals surface area (Å²) in [7, 11) is 2.13. The number of aromatic nitrogens is 1. The van der Waals surface area contributed by atoms with Crippen LogP contribution in [0, 0.1) is 0 Å². The zero-order chi connectivity index (χ0) is 18.2. The molecule has 0 aromatic carbocycles. The van der Waals surface area contributed by atoms with E-state index in [1.165, 1.54) is 0 Å². The number of amides is 1. The van der Waals surface area contributed by atoms with E-state index in [4.69, 9.17) is 9.47 Å². The Balaban J connectivity index is 1.47. The summed E-state index contributed by atoms with van der Waals surface area (Å²) in [5.74, 6) is 0.0523. The van der Waals surface area contributed by atoms with Gasteiger partial charge in [-0.1, -0.05) is 6.07 Å². The van der Waals surface area contributed by atoms with Crippen molar-refractivity contribution in [2.75, 3.05) is 53.0 Å². The Hall–Kier alpha value is -1.54. The van der Waals surface area contributed by atoms with Gasteiger partial charge in [0.15, 0.2) is 0 Å². The molecule has 7 nitrogen and oxygen atoms in total. The van der Waals surface area contributed by atoms with Crippen LogP contribution in [0.1, 0.15) is 18.5 Å². The number of hydrogen-bond donors (Lipinski definition) is 1. The third kappa shape index (κ3) is 6.02. The van der Waals surface area contributed by atoms with Gasteiger partial charge < -0.3 is 19.7 Å². The molecule has 0 saturated carbocycles. The Kier molecular flexibility index (Phi) is 7.37. The van der Waals surface area contributed by atoms with Crippen molar-refractivity contribution < 1.29 is 14.3 Å². The molecule has 2 aliphatic heterocycles. The molecule has 144 valence electrons. The molecule has 0 bridgehead atoms. The second kappa shape index (κ2) is 9.97. The van der Waals surface area contributed by atoms with Crippen LogP contribution in [-0.4, -0.2) is 85.8 Å². The van der Waals surface area contributed by atoms with Crippen LogP contribution < -0.4 is 5.32 Å². The number of nitrogens with one attached hydrogen (secondary N) is 1. The van der Waals surface area contributed by atoms with E-state index in [0.29, 0.717) is 26.4 Å². The van der Waals surface area contributed by atoms with E-state index in [1.54, 1.807) is 6.20 Å². The van der Waals surface area contributed by atoms with Gasteiger partial charge in [-0.05, 0) is 45.1 Å². The first kappa shape index (κ1) is 19.2. The SMILES string of the molecule is CN1CCCN(CC(=O)N[C@@H]2COCC[C@H]2OCc2ccccn2)CC1. The number of carbonyl (C=O) groups is 1. The standard InChI is InChI=1S/C19H30N4O3/c1-22-8-4-9-23(11-10-22)13-19(24)21-17-15-25-12-6-18(17)26-14-16-5-2-3-7-20-16/h2-3,5,7,17-18H,4,6,8-15H2,1H3,(H,21,24)/t17-,18-/m1/s1. The van der Waals surface area contributed by atoms with Crippen molar-refractivity contribution in [2.24, 2.45) is 0 Å². The van der Waals surface area contributed by atoms with Gasteiger partial charge in [-0.3, -0.25) is 14.7 Å². The molecule has 0 spiro atoms. The molecule has 2 aliphatic rings. The monoisotopic (exact) mass is 362 g/mol. The predicted octanol–water partition coefficient (Wildman–Crippen LogP) is 0.509. The van der Waals surface area contributed by atoms with Crippen LogP contribution in [-0.2, 0) is 20.9 Å². The molecule has 7 heteroatoms. The minimum absolute atomic E-state index is 0.0371. The molecule has 3 heterocycles. The molecule has 2 atom stereocenters. The minimum Gasteiger partial charge on any atom is -0.379 e. The zero-order valence-corrected chi connectivity index (χ0v) is 15.6. The number of carbonyl (C=O) groups excluding carboxylic acids is 1. The largest absolute Gasteiger partial charge is 0.379 e. The van der Waals surface area contributed by atoms with Gasteiger partial charge in [0.05, 0.1) is 37.6 Å². The Morgan fingerprint density at radius 2 is 2.27 bits per heavy atom. The van der Waals surface area contributed by atoms with Crippen LogP contribution in [0.25, 0.3) is 0 Å². The third-order valence-electron chi connectivity index (χ3n) is 4.99. The van der Waals surface area contributed by atoms with E-state index in [9.17, 15) is 4.79 Å². The lowest BCUT2D eigenvalue weighted by atomic mass is 10.1. The number of pyridine rings is 1. The summed E-state index contributed by atoms with van der Waals surface area (Å²) >= 11 is 0. The minimum atomic E-state index is -0.102. The maximum Gasteiger partial charge on any atom is 0.234 e. The van der Waals surface area contributed by atoms with Gasteiger partial charge in [0, 0.05) is 25.9 Å². The average Bonchev–Trinajstić information content (AvgIpc) is 2.86. The number of nitrogens with zero attached hydrogens (tertiary/aromatic N) is 3. The fraction of sp³-hybridized carbons (Fsp3) is 0.684. The Labute approximate surface area is 155 Å². The normalized spacial score (nSPS) is 25.6. The van der Waals surface area contributed by atoms with Crippen LogP contribution in [0.2, 0.25) is 0 Å². The number of hydrogen-bond acceptors (Lipinski definition) is 6. The third-order valence-corrected chi connectivity index (χ3v) is 4.99. The molecule has 0 aliphatic carbocycles. The van der Waals surface area contributed by atoms with Gasteiger partial charge in [-0.15, -0.1) is 0 Å². The first-order chi connectivity index (χ1) is 12.7. The maximum atomic E-state index is 12.5. The summed E-state index contributed by atoms with van der Waals surface area (Å²) in [5.41, 5.74) is 0.901. The van der Waals surface area contributed by atoms with E-state index < -0.39 is 0 Å². The van der Waals surface area contributed by atoms with Gasteiger partial charge in [-0.25, -0.2) is 0 Å². The highest BCUT2D eigenvalue weighted by atomic mass is 16.5. The summed E-state index contributed by atoms with van der Waals surface area (Å²) in [5, 5.41) is 3.12. The molecule has 1 aromatic heterocycles. The molecule has 1 N–H and O–H groups in total. The van der Waals surface area contributed by atoms with Crippen LogP contribution in [0.5, 0.6) is 0 Å². The van der Waals surface area contributed by atoms with Crippen LogP contribution >= 0.6 is 0 Å². The van der Waals surface area contributed by atoms with Gasteiger partial charge in [0.2, 0.25) is 5.91 Å². The first-order valence-corrected chi connectivity index (χ1v) is 9.50. The molecule has 0 unspecified atom stereocenters. The molecule has 1 aromatic rings. The Morgan fingerprint density at radius 1 is 1.35 bits per heavy atom. The molecule has 3 rings (SSSR count). The molecular formula is C19H30N4O3. The van der Waals surface area contributed by atoms with Crippen molar-refractivity contribution in [2.45, 2.75) is 31.6 Å². The summed E-state index contributed by atoms with van der Waals surface area (Å²) in [6.07, 6.45) is 3.61. The summed E-state index contributed by atoms with van der Waals surface area (Å²) in [6, 6.07) is 5.69. The molecule has 2 fully saturated rings. The number of likely N-dealkylation sites (N-methyl/N-ethyl adjacent to an activating group) is 1. The van der Waals surface area contributed by atoms with Crippen molar-refractivity contribution in [3.05, 3.63) is 30.1 Å². The summed E-state index contributed by atoms with van der Waals surface area (Å²) < 4.78 is 11.6. The molecule has 2 saturated heterocycles. The van der Waals surface area contributed by atoms with Gasteiger partial charge in [0.1, 0.15) is 0 Å². The van der Waals surface area contributed by atoms with E-state index in [-0.39, 0.29) is 18.1 Å². The van der Waals surface area contributed by atoms with Crippen molar-refractivity contribution in [3.8, 4) is 0 Å². The number of ether oxygens (including phenoxy) is 2. The fourth-order valence-corrected chi connectivity index (χ4v) is 3.44. The predicted molar refractivity (Wildman–Crippen MR) is 98.7 cm³/mol. The van der Waals surface area contributed by atoms with Crippen molar-refractivity contribution in [1.82, 2.24) is 20.1 Å². The highest BCUT2D eigenvalue weighted by molar-refractivity contribution is 5.78. The Morgan fingerprint density at radius 3 is 3.12 bits per heavy atom. The second-order valence-electron chi connectivity index (χ2n) is 7.14.